The first-order valence-electron chi connectivity index (χ1n) is 5.83. The summed E-state index contributed by atoms with van der Waals surface area (Å²) >= 11 is 2.82. The summed E-state index contributed by atoms with van der Waals surface area (Å²) in [5, 5.41) is 12.1. The van der Waals surface area contributed by atoms with Gasteiger partial charge in [0.1, 0.15) is 0 Å². The average Bonchev–Trinajstić information content (AvgIpc) is 3.06. The van der Waals surface area contributed by atoms with Crippen molar-refractivity contribution < 1.29 is 4.52 Å². The first-order valence-corrected chi connectivity index (χ1v) is 7.63. The SMILES string of the molecule is Cc1ccccc1-c1noc(CSc2nnc(N)s2)n1. The van der Waals surface area contributed by atoms with Crippen molar-refractivity contribution in [2.24, 2.45) is 0 Å². The minimum absolute atomic E-state index is 0.457. The van der Waals surface area contributed by atoms with Crippen molar-refractivity contribution in [1.29, 1.82) is 0 Å². The first kappa shape index (κ1) is 13.1. The number of thioether (sulfide) groups is 1. The summed E-state index contributed by atoms with van der Waals surface area (Å²) in [6.07, 6.45) is 0. The van der Waals surface area contributed by atoms with Gasteiger partial charge in [0.15, 0.2) is 4.34 Å². The zero-order chi connectivity index (χ0) is 13.9. The van der Waals surface area contributed by atoms with Crippen LogP contribution in [0.1, 0.15) is 11.5 Å². The van der Waals surface area contributed by atoms with Crippen LogP contribution in [0.15, 0.2) is 33.1 Å². The first-order chi connectivity index (χ1) is 9.72. The average molecular weight is 305 g/mol. The summed E-state index contributed by atoms with van der Waals surface area (Å²) in [5.74, 6) is 1.71. The molecule has 3 rings (SSSR count). The quantitative estimate of drug-likeness (QED) is 0.741. The fraction of sp³-hybridized carbons (Fsp3) is 0.167. The summed E-state index contributed by atoms with van der Waals surface area (Å²) in [7, 11) is 0. The molecule has 0 saturated heterocycles. The highest BCUT2D eigenvalue weighted by Crippen LogP contribution is 2.27. The number of hydrogen-bond donors (Lipinski definition) is 1. The Morgan fingerprint density at radius 3 is 2.90 bits per heavy atom. The van der Waals surface area contributed by atoms with Crippen molar-refractivity contribution in [3.63, 3.8) is 0 Å². The van der Waals surface area contributed by atoms with Crippen molar-refractivity contribution >= 4 is 28.2 Å². The maximum absolute atomic E-state index is 5.52. The lowest BCUT2D eigenvalue weighted by Crippen LogP contribution is -1.85. The molecule has 3 aromatic rings. The van der Waals surface area contributed by atoms with E-state index in [4.69, 9.17) is 10.3 Å². The molecule has 0 fully saturated rings. The third-order valence-electron chi connectivity index (χ3n) is 2.60. The summed E-state index contributed by atoms with van der Waals surface area (Å²) in [6.45, 7) is 2.02. The number of anilines is 1. The smallest absolute Gasteiger partial charge is 0.237 e. The molecule has 2 heterocycles. The monoisotopic (exact) mass is 305 g/mol. The minimum Gasteiger partial charge on any atom is -0.374 e. The van der Waals surface area contributed by atoms with Gasteiger partial charge in [-0.3, -0.25) is 0 Å². The van der Waals surface area contributed by atoms with Crippen LogP contribution < -0.4 is 5.73 Å². The number of benzene rings is 1. The number of aryl methyl sites for hydroxylation is 1. The molecule has 8 heteroatoms. The van der Waals surface area contributed by atoms with Gasteiger partial charge in [-0.2, -0.15) is 4.98 Å². The Morgan fingerprint density at radius 2 is 2.15 bits per heavy atom. The molecule has 1 aromatic carbocycles. The van der Waals surface area contributed by atoms with Crippen molar-refractivity contribution in [1.82, 2.24) is 20.3 Å². The van der Waals surface area contributed by atoms with Gasteiger partial charge in [-0.25, -0.2) is 0 Å². The Balaban J connectivity index is 1.72. The maximum Gasteiger partial charge on any atom is 0.237 e. The van der Waals surface area contributed by atoms with Crippen LogP contribution in [0.4, 0.5) is 5.13 Å². The highest BCUT2D eigenvalue weighted by molar-refractivity contribution is 8.00. The van der Waals surface area contributed by atoms with Crippen molar-refractivity contribution in [3.05, 3.63) is 35.7 Å². The van der Waals surface area contributed by atoms with Crippen LogP contribution in [0.3, 0.4) is 0 Å². The minimum atomic E-state index is 0.457. The van der Waals surface area contributed by atoms with Crippen molar-refractivity contribution in [2.45, 2.75) is 17.0 Å². The molecule has 0 radical (unpaired) electrons. The Kier molecular flexibility index (Phi) is 3.66. The lowest BCUT2D eigenvalue weighted by atomic mass is 10.1. The Hall–Kier alpha value is -1.93. The molecule has 6 nitrogen and oxygen atoms in total. The van der Waals surface area contributed by atoms with Crippen LogP contribution in [0.25, 0.3) is 11.4 Å². The maximum atomic E-state index is 5.52. The number of aromatic nitrogens is 4. The Bertz CT molecular complexity index is 724. The molecule has 20 heavy (non-hydrogen) atoms. The fourth-order valence-corrected chi connectivity index (χ4v) is 3.12. The zero-order valence-electron chi connectivity index (χ0n) is 10.6. The second-order valence-electron chi connectivity index (χ2n) is 4.02. The summed E-state index contributed by atoms with van der Waals surface area (Å²) in [5.41, 5.74) is 7.62. The normalized spacial score (nSPS) is 10.8. The van der Waals surface area contributed by atoms with Crippen LogP contribution >= 0.6 is 23.1 Å². The predicted octanol–water partition coefficient (Wildman–Crippen LogP) is 2.77. The van der Waals surface area contributed by atoms with E-state index in [2.05, 4.69) is 20.3 Å². The van der Waals surface area contributed by atoms with Gasteiger partial charge in [0.2, 0.25) is 16.8 Å². The summed E-state index contributed by atoms with van der Waals surface area (Å²) < 4.78 is 6.04. The van der Waals surface area contributed by atoms with E-state index in [0.717, 1.165) is 15.5 Å². The molecule has 0 aliphatic carbocycles. The molecule has 0 aliphatic heterocycles. The van der Waals surface area contributed by atoms with E-state index in [0.29, 0.717) is 22.6 Å². The number of hydrogen-bond acceptors (Lipinski definition) is 8. The van der Waals surface area contributed by atoms with E-state index >= 15 is 0 Å². The van der Waals surface area contributed by atoms with Gasteiger partial charge in [0, 0.05) is 5.56 Å². The van der Waals surface area contributed by atoms with E-state index in [1.807, 2.05) is 31.2 Å². The third kappa shape index (κ3) is 2.81. The highest BCUT2D eigenvalue weighted by Gasteiger charge is 2.11. The molecule has 2 aromatic heterocycles. The Labute approximate surface area is 123 Å². The molecule has 0 unspecified atom stereocenters. The van der Waals surface area contributed by atoms with Gasteiger partial charge >= 0.3 is 0 Å². The van der Waals surface area contributed by atoms with E-state index in [1.165, 1.54) is 23.1 Å². The molecular weight excluding hydrogens is 294 g/mol. The topological polar surface area (TPSA) is 90.7 Å². The molecule has 0 aliphatic rings. The van der Waals surface area contributed by atoms with Gasteiger partial charge < -0.3 is 10.3 Å². The second-order valence-corrected chi connectivity index (χ2v) is 6.25. The van der Waals surface area contributed by atoms with Gasteiger partial charge in [-0.1, -0.05) is 52.5 Å². The predicted molar refractivity (Wildman–Crippen MR) is 78.4 cm³/mol. The standard InChI is InChI=1S/C12H11N5OS2/c1-7-4-2-3-5-8(7)10-14-9(18-17-10)6-19-12-16-15-11(13)20-12/h2-5H,6H2,1H3,(H2,13,15). The number of rotatable bonds is 4. The van der Waals surface area contributed by atoms with Crippen LogP contribution in [-0.4, -0.2) is 20.3 Å². The van der Waals surface area contributed by atoms with Crippen LogP contribution in [-0.2, 0) is 5.75 Å². The Morgan fingerprint density at radius 1 is 1.30 bits per heavy atom. The third-order valence-corrected chi connectivity index (χ3v) is 4.47. The molecule has 0 spiro atoms. The van der Waals surface area contributed by atoms with Gasteiger partial charge in [0.25, 0.3) is 0 Å². The zero-order valence-corrected chi connectivity index (χ0v) is 12.2. The molecule has 0 amide bonds. The van der Waals surface area contributed by atoms with Crippen LogP contribution in [0, 0.1) is 6.92 Å². The second kappa shape index (κ2) is 5.59. The fourth-order valence-electron chi connectivity index (χ4n) is 1.65. The number of nitrogen functional groups attached to an aromatic ring is 1. The molecule has 0 saturated carbocycles. The number of nitrogens with two attached hydrogens (primary N) is 1. The molecule has 2 N–H and O–H groups in total. The van der Waals surface area contributed by atoms with E-state index < -0.39 is 0 Å². The number of nitrogens with zero attached hydrogens (tertiary/aromatic N) is 4. The van der Waals surface area contributed by atoms with Crippen molar-refractivity contribution in [3.8, 4) is 11.4 Å². The molecule has 102 valence electrons. The van der Waals surface area contributed by atoms with Gasteiger partial charge in [-0.05, 0) is 12.5 Å². The van der Waals surface area contributed by atoms with Crippen molar-refractivity contribution in [2.75, 3.05) is 5.73 Å². The molecule has 0 bridgehead atoms. The summed E-state index contributed by atoms with van der Waals surface area (Å²) in [6, 6.07) is 7.93. The molecular formula is C12H11N5OS2. The van der Waals surface area contributed by atoms with Crippen LogP contribution in [0.2, 0.25) is 0 Å². The largest absolute Gasteiger partial charge is 0.374 e. The lowest BCUT2D eigenvalue weighted by Gasteiger charge is -1.97. The van der Waals surface area contributed by atoms with Gasteiger partial charge in [0.05, 0.1) is 5.75 Å². The van der Waals surface area contributed by atoms with Gasteiger partial charge in [-0.15, -0.1) is 10.2 Å². The van der Waals surface area contributed by atoms with Crippen LogP contribution in [0.5, 0.6) is 0 Å². The lowest BCUT2D eigenvalue weighted by molar-refractivity contribution is 0.391. The van der Waals surface area contributed by atoms with E-state index in [-0.39, 0.29) is 0 Å². The van der Waals surface area contributed by atoms with E-state index in [1.54, 1.807) is 0 Å². The highest BCUT2D eigenvalue weighted by atomic mass is 32.2. The molecule has 0 atom stereocenters. The van der Waals surface area contributed by atoms with E-state index in [9.17, 15) is 0 Å². The summed E-state index contributed by atoms with van der Waals surface area (Å²) in [4.78, 5) is 4.39.